The lowest BCUT2D eigenvalue weighted by Gasteiger charge is -2.23. The Balaban J connectivity index is 1.61. The molecule has 1 aromatic heterocycles. The van der Waals surface area contributed by atoms with Crippen LogP contribution in [0.1, 0.15) is 25.3 Å². The van der Waals surface area contributed by atoms with Crippen molar-refractivity contribution in [1.82, 2.24) is 10.3 Å². The summed E-state index contributed by atoms with van der Waals surface area (Å²) in [6.45, 7) is 3.86. The van der Waals surface area contributed by atoms with Crippen LogP contribution in [0.15, 0.2) is 48.7 Å². The lowest BCUT2D eigenvalue weighted by atomic mass is 10.2. The molecule has 0 atom stereocenters. The van der Waals surface area contributed by atoms with Crippen LogP contribution >= 0.6 is 0 Å². The summed E-state index contributed by atoms with van der Waals surface area (Å²) in [7, 11) is 0. The van der Waals surface area contributed by atoms with Crippen LogP contribution < -0.4 is 15.5 Å². The topological polar surface area (TPSA) is 57.3 Å². The Hall–Kier alpha value is -2.56. The quantitative estimate of drug-likeness (QED) is 0.860. The summed E-state index contributed by atoms with van der Waals surface area (Å²) < 4.78 is 0. The molecule has 1 saturated carbocycles. The predicted molar refractivity (Wildman–Crippen MR) is 92.6 cm³/mol. The number of anilines is 2. The summed E-state index contributed by atoms with van der Waals surface area (Å²) in [5, 5.41) is 5.65. The van der Waals surface area contributed by atoms with Crippen LogP contribution in [-0.2, 0) is 6.54 Å². The molecule has 1 fully saturated rings. The minimum atomic E-state index is -0.176. The number of aromatic nitrogens is 1. The lowest BCUT2D eigenvalue weighted by molar-refractivity contribution is 0.251. The molecule has 2 aromatic rings. The zero-order valence-corrected chi connectivity index (χ0v) is 13.3. The average molecular weight is 310 g/mol. The van der Waals surface area contributed by atoms with Gasteiger partial charge < -0.3 is 10.2 Å². The largest absolute Gasteiger partial charge is 0.366 e. The molecular formula is C18H22N4O. The number of urea groups is 1. The van der Waals surface area contributed by atoms with Crippen molar-refractivity contribution in [2.75, 3.05) is 16.8 Å². The number of nitrogens with one attached hydrogen (secondary N) is 2. The summed E-state index contributed by atoms with van der Waals surface area (Å²) >= 11 is 0. The molecule has 1 aromatic carbocycles. The number of amides is 2. The molecule has 3 rings (SSSR count). The van der Waals surface area contributed by atoms with Gasteiger partial charge in [-0.3, -0.25) is 5.32 Å². The van der Waals surface area contributed by atoms with Crippen LogP contribution in [0.4, 0.5) is 16.3 Å². The van der Waals surface area contributed by atoms with Crippen LogP contribution in [0.3, 0.4) is 0 Å². The van der Waals surface area contributed by atoms with E-state index >= 15 is 0 Å². The first kappa shape index (κ1) is 15.3. The molecule has 0 saturated heterocycles. The highest BCUT2D eigenvalue weighted by Gasteiger charge is 2.23. The molecule has 2 amide bonds. The highest BCUT2D eigenvalue weighted by Crippen LogP contribution is 2.20. The Morgan fingerprint density at radius 2 is 2.00 bits per heavy atom. The third kappa shape index (κ3) is 4.45. The predicted octanol–water partition coefficient (Wildman–Crippen LogP) is 3.39. The molecule has 0 bridgehead atoms. The number of benzene rings is 1. The standard InChI is InChI=1S/C18H22N4O/c1-2-22(13-14-6-4-3-5-7-14)16-10-11-17(19-12-16)21-18(23)20-15-8-9-15/h3-7,10-12,15H,2,8-9,13H2,1H3,(H2,19,20,21,23). The highest BCUT2D eigenvalue weighted by molar-refractivity contribution is 5.88. The van der Waals surface area contributed by atoms with Crippen LogP contribution in [0.25, 0.3) is 0 Å². The molecule has 0 aliphatic heterocycles. The van der Waals surface area contributed by atoms with Gasteiger partial charge in [-0.25, -0.2) is 9.78 Å². The average Bonchev–Trinajstić information content (AvgIpc) is 3.38. The van der Waals surface area contributed by atoms with Gasteiger partial charge in [-0.1, -0.05) is 30.3 Å². The van der Waals surface area contributed by atoms with Gasteiger partial charge in [-0.15, -0.1) is 0 Å². The van der Waals surface area contributed by atoms with E-state index in [0.717, 1.165) is 31.6 Å². The monoisotopic (exact) mass is 310 g/mol. The maximum Gasteiger partial charge on any atom is 0.320 e. The fraction of sp³-hybridized carbons (Fsp3) is 0.333. The second kappa shape index (κ2) is 7.13. The minimum absolute atomic E-state index is 0.176. The summed E-state index contributed by atoms with van der Waals surface area (Å²) in [6.07, 6.45) is 3.95. The first-order valence-electron chi connectivity index (χ1n) is 8.07. The van der Waals surface area contributed by atoms with E-state index in [2.05, 4.69) is 39.6 Å². The number of nitrogens with zero attached hydrogens (tertiary/aromatic N) is 2. The maximum absolute atomic E-state index is 11.7. The summed E-state index contributed by atoms with van der Waals surface area (Å²) in [4.78, 5) is 18.3. The van der Waals surface area contributed by atoms with Gasteiger partial charge in [-0.05, 0) is 37.5 Å². The third-order valence-corrected chi connectivity index (χ3v) is 3.87. The first-order valence-corrected chi connectivity index (χ1v) is 8.07. The van der Waals surface area contributed by atoms with E-state index in [9.17, 15) is 4.79 Å². The fourth-order valence-electron chi connectivity index (χ4n) is 2.40. The van der Waals surface area contributed by atoms with Gasteiger partial charge in [0.2, 0.25) is 0 Å². The molecule has 0 radical (unpaired) electrons. The zero-order valence-electron chi connectivity index (χ0n) is 13.3. The van der Waals surface area contributed by atoms with Crippen molar-refractivity contribution in [2.45, 2.75) is 32.4 Å². The molecule has 1 aliphatic rings. The van der Waals surface area contributed by atoms with Crippen LogP contribution in [0.5, 0.6) is 0 Å². The molecule has 23 heavy (non-hydrogen) atoms. The number of hydrogen-bond donors (Lipinski definition) is 2. The lowest BCUT2D eigenvalue weighted by Crippen LogP contribution is -2.30. The SMILES string of the molecule is CCN(Cc1ccccc1)c1ccc(NC(=O)NC2CC2)nc1. The van der Waals surface area contributed by atoms with E-state index in [4.69, 9.17) is 0 Å². The Morgan fingerprint density at radius 1 is 1.22 bits per heavy atom. The van der Waals surface area contributed by atoms with Gasteiger partial charge in [-0.2, -0.15) is 0 Å². The molecule has 1 aliphatic carbocycles. The van der Waals surface area contributed by atoms with Crippen molar-refractivity contribution in [3.05, 3.63) is 54.2 Å². The number of hydrogen-bond acceptors (Lipinski definition) is 3. The molecule has 0 spiro atoms. The second-order valence-corrected chi connectivity index (χ2v) is 5.77. The van der Waals surface area contributed by atoms with Crippen LogP contribution in [0, 0.1) is 0 Å². The van der Waals surface area contributed by atoms with Crippen molar-refractivity contribution < 1.29 is 4.79 Å². The summed E-state index contributed by atoms with van der Waals surface area (Å²) in [6, 6.07) is 14.4. The molecular weight excluding hydrogens is 288 g/mol. The Kier molecular flexibility index (Phi) is 4.76. The van der Waals surface area contributed by atoms with Crippen molar-refractivity contribution >= 4 is 17.5 Å². The van der Waals surface area contributed by atoms with Gasteiger partial charge in [0.15, 0.2) is 0 Å². The van der Waals surface area contributed by atoms with Gasteiger partial charge in [0.05, 0.1) is 11.9 Å². The molecule has 2 N–H and O–H groups in total. The molecule has 5 nitrogen and oxygen atoms in total. The summed E-state index contributed by atoms with van der Waals surface area (Å²) in [5.74, 6) is 0.572. The minimum Gasteiger partial charge on any atom is -0.366 e. The smallest absolute Gasteiger partial charge is 0.320 e. The molecule has 0 unspecified atom stereocenters. The second-order valence-electron chi connectivity index (χ2n) is 5.77. The first-order chi connectivity index (χ1) is 11.2. The highest BCUT2D eigenvalue weighted by atomic mass is 16.2. The molecule has 5 heteroatoms. The maximum atomic E-state index is 11.7. The molecule has 120 valence electrons. The van der Waals surface area contributed by atoms with E-state index in [1.54, 1.807) is 6.20 Å². The van der Waals surface area contributed by atoms with Crippen molar-refractivity contribution in [3.8, 4) is 0 Å². The van der Waals surface area contributed by atoms with Crippen LogP contribution in [0.2, 0.25) is 0 Å². The third-order valence-electron chi connectivity index (χ3n) is 3.87. The van der Waals surface area contributed by atoms with Crippen molar-refractivity contribution in [2.24, 2.45) is 0 Å². The number of rotatable bonds is 6. The number of pyridine rings is 1. The van der Waals surface area contributed by atoms with Crippen molar-refractivity contribution in [1.29, 1.82) is 0 Å². The van der Waals surface area contributed by atoms with E-state index in [0.29, 0.717) is 11.9 Å². The van der Waals surface area contributed by atoms with Crippen molar-refractivity contribution in [3.63, 3.8) is 0 Å². The van der Waals surface area contributed by atoms with Crippen LogP contribution in [-0.4, -0.2) is 23.6 Å². The Labute approximate surface area is 136 Å². The van der Waals surface area contributed by atoms with E-state index in [-0.39, 0.29) is 6.03 Å². The van der Waals surface area contributed by atoms with Gasteiger partial charge in [0, 0.05) is 19.1 Å². The van der Waals surface area contributed by atoms with Gasteiger partial charge in [0.1, 0.15) is 5.82 Å². The molecule has 1 heterocycles. The van der Waals surface area contributed by atoms with E-state index < -0.39 is 0 Å². The Bertz CT molecular complexity index is 638. The normalized spacial score (nSPS) is 13.4. The van der Waals surface area contributed by atoms with E-state index in [1.165, 1.54) is 5.56 Å². The van der Waals surface area contributed by atoms with Gasteiger partial charge >= 0.3 is 6.03 Å². The summed E-state index contributed by atoms with van der Waals surface area (Å²) in [5.41, 5.74) is 2.31. The Morgan fingerprint density at radius 3 is 2.61 bits per heavy atom. The zero-order chi connectivity index (χ0) is 16.1. The number of carbonyl (C=O) groups is 1. The number of carbonyl (C=O) groups excluding carboxylic acids is 1. The fourth-order valence-corrected chi connectivity index (χ4v) is 2.40. The van der Waals surface area contributed by atoms with Gasteiger partial charge in [0.25, 0.3) is 0 Å². The van der Waals surface area contributed by atoms with E-state index in [1.807, 2.05) is 30.3 Å².